The molecule has 21 heavy (non-hydrogen) atoms. The van der Waals surface area contributed by atoms with E-state index in [1.54, 1.807) is 18.4 Å². The summed E-state index contributed by atoms with van der Waals surface area (Å²) in [6, 6.07) is 4.14. The molecule has 2 aromatic rings. The van der Waals surface area contributed by atoms with Gasteiger partial charge in [-0.2, -0.15) is 0 Å². The highest BCUT2D eigenvalue weighted by atomic mass is 79.9. The predicted octanol–water partition coefficient (Wildman–Crippen LogP) is 4.41. The minimum atomic E-state index is 0.0473. The zero-order valence-electron chi connectivity index (χ0n) is 11.9. The zero-order chi connectivity index (χ0) is 15.4. The van der Waals surface area contributed by atoms with E-state index in [-0.39, 0.29) is 5.78 Å². The van der Waals surface area contributed by atoms with Gasteiger partial charge in [-0.15, -0.1) is 22.7 Å². The molecule has 2 aromatic heterocycles. The van der Waals surface area contributed by atoms with E-state index in [1.807, 2.05) is 13.0 Å². The number of nitrogens with two attached hydrogens (primary N) is 1. The van der Waals surface area contributed by atoms with Crippen LogP contribution in [-0.2, 0) is 6.42 Å². The minimum absolute atomic E-state index is 0.0473. The van der Waals surface area contributed by atoms with Crippen molar-refractivity contribution in [3.8, 4) is 5.75 Å². The van der Waals surface area contributed by atoms with Gasteiger partial charge in [0.1, 0.15) is 5.00 Å². The molecule has 0 saturated carbocycles. The fourth-order valence-electron chi connectivity index (χ4n) is 1.90. The molecule has 0 radical (unpaired) electrons. The van der Waals surface area contributed by atoms with Crippen LogP contribution in [0, 0.1) is 0 Å². The molecule has 2 rings (SSSR count). The van der Waals surface area contributed by atoms with Gasteiger partial charge in [0.25, 0.3) is 0 Å². The van der Waals surface area contributed by atoms with Gasteiger partial charge in [-0.1, -0.05) is 6.92 Å². The maximum Gasteiger partial charge on any atom is 0.176 e. The molecule has 2 heterocycles. The third kappa shape index (κ3) is 3.78. The maximum absolute atomic E-state index is 11.9. The van der Waals surface area contributed by atoms with E-state index in [2.05, 4.69) is 27.3 Å². The van der Waals surface area contributed by atoms with Crippen molar-refractivity contribution in [3.63, 3.8) is 0 Å². The molecule has 0 bridgehead atoms. The van der Waals surface area contributed by atoms with Gasteiger partial charge in [0.05, 0.1) is 21.5 Å². The Labute approximate surface area is 140 Å². The van der Waals surface area contributed by atoms with Crippen LogP contribution in [0.25, 0.3) is 0 Å². The topological polar surface area (TPSA) is 64.3 Å². The number of nitrogen functional groups attached to an aromatic ring is 1. The normalized spacial score (nSPS) is 10.6. The average molecular weight is 389 g/mol. The first-order valence-corrected chi connectivity index (χ1v) is 8.97. The first-order valence-electron chi connectivity index (χ1n) is 6.54. The molecule has 7 heteroatoms. The number of ether oxygens (including phenoxy) is 1. The largest absolute Gasteiger partial charge is 0.492 e. The van der Waals surface area contributed by atoms with E-state index in [0.717, 1.165) is 21.8 Å². The summed E-state index contributed by atoms with van der Waals surface area (Å²) in [5.41, 5.74) is 6.44. The van der Waals surface area contributed by atoms with Gasteiger partial charge in [0.15, 0.2) is 11.5 Å². The molecule has 0 aromatic carbocycles. The lowest BCUT2D eigenvalue weighted by atomic mass is 10.2. The average Bonchev–Trinajstić information content (AvgIpc) is 3.02. The second-order valence-corrected chi connectivity index (χ2v) is 7.93. The number of halogens is 1. The van der Waals surface area contributed by atoms with E-state index in [9.17, 15) is 4.79 Å². The van der Waals surface area contributed by atoms with E-state index >= 15 is 0 Å². The van der Waals surface area contributed by atoms with Crippen molar-refractivity contribution in [1.29, 1.82) is 0 Å². The van der Waals surface area contributed by atoms with Crippen molar-refractivity contribution in [2.45, 2.75) is 19.8 Å². The van der Waals surface area contributed by atoms with Crippen molar-refractivity contribution in [2.24, 2.45) is 0 Å². The van der Waals surface area contributed by atoms with E-state index in [1.165, 1.54) is 16.2 Å². The molecule has 0 unspecified atom stereocenters. The van der Waals surface area contributed by atoms with E-state index in [0.29, 0.717) is 22.7 Å². The molecule has 0 aliphatic carbocycles. The molecule has 0 aliphatic heterocycles. The predicted molar refractivity (Wildman–Crippen MR) is 94.1 cm³/mol. The van der Waals surface area contributed by atoms with Crippen LogP contribution in [0.1, 0.15) is 27.9 Å². The van der Waals surface area contributed by atoms with Gasteiger partial charge in [0.2, 0.25) is 0 Å². The van der Waals surface area contributed by atoms with Crippen LogP contribution in [-0.4, -0.2) is 19.4 Å². The molecular formula is C14H17BrN2O2S2. The molecule has 0 aliphatic rings. The SMILES string of the molecule is CCC(=O)c1sc(NCCc2ccc(Br)s2)c(OC)c1N. The van der Waals surface area contributed by atoms with Crippen LogP contribution in [0.4, 0.5) is 10.7 Å². The molecule has 0 fully saturated rings. The van der Waals surface area contributed by atoms with Crippen molar-refractivity contribution in [1.82, 2.24) is 0 Å². The van der Waals surface area contributed by atoms with Gasteiger partial charge < -0.3 is 15.8 Å². The summed E-state index contributed by atoms with van der Waals surface area (Å²) >= 11 is 6.54. The molecule has 4 nitrogen and oxygen atoms in total. The lowest BCUT2D eigenvalue weighted by Gasteiger charge is -2.06. The van der Waals surface area contributed by atoms with Crippen molar-refractivity contribution in [3.05, 3.63) is 25.7 Å². The highest BCUT2D eigenvalue weighted by Crippen LogP contribution is 2.42. The monoisotopic (exact) mass is 388 g/mol. The highest BCUT2D eigenvalue weighted by molar-refractivity contribution is 9.11. The van der Waals surface area contributed by atoms with Gasteiger partial charge in [0, 0.05) is 17.8 Å². The Balaban J connectivity index is 2.07. The summed E-state index contributed by atoms with van der Waals surface area (Å²) in [6.45, 7) is 2.60. The standard InChI is InChI=1S/C14H17BrN2O2S2/c1-3-9(18)13-11(16)12(19-2)14(21-13)17-7-6-8-4-5-10(15)20-8/h4-5,17H,3,6-7,16H2,1-2H3. The number of carbonyl (C=O) groups excluding carboxylic acids is 1. The summed E-state index contributed by atoms with van der Waals surface area (Å²) in [7, 11) is 1.57. The molecular weight excluding hydrogens is 372 g/mol. The summed E-state index contributed by atoms with van der Waals surface area (Å²) in [5, 5.41) is 4.14. The first-order chi connectivity index (χ1) is 10.1. The Hall–Kier alpha value is -1.05. The first kappa shape index (κ1) is 16.3. The maximum atomic E-state index is 11.9. The third-order valence-electron chi connectivity index (χ3n) is 2.96. The molecule has 0 amide bonds. The van der Waals surface area contributed by atoms with Crippen LogP contribution in [0.2, 0.25) is 0 Å². The number of ketones is 1. The fraction of sp³-hybridized carbons (Fsp3) is 0.357. The Morgan fingerprint density at radius 2 is 2.19 bits per heavy atom. The van der Waals surface area contributed by atoms with E-state index in [4.69, 9.17) is 10.5 Å². The number of Topliss-reactive ketones (excluding diaryl/α,β-unsaturated/α-hetero) is 1. The minimum Gasteiger partial charge on any atom is -0.492 e. The Kier molecular flexibility index (Phi) is 5.66. The Bertz CT molecular complexity index is 637. The van der Waals surface area contributed by atoms with E-state index < -0.39 is 0 Å². The van der Waals surface area contributed by atoms with Crippen LogP contribution >= 0.6 is 38.6 Å². The Morgan fingerprint density at radius 1 is 1.43 bits per heavy atom. The van der Waals surface area contributed by atoms with Crippen molar-refractivity contribution in [2.75, 3.05) is 24.7 Å². The molecule has 0 saturated heterocycles. The van der Waals surface area contributed by atoms with Crippen molar-refractivity contribution >= 4 is 55.1 Å². The van der Waals surface area contributed by atoms with Gasteiger partial charge >= 0.3 is 0 Å². The number of methoxy groups -OCH3 is 1. The number of anilines is 2. The lowest BCUT2D eigenvalue weighted by Crippen LogP contribution is -2.03. The van der Waals surface area contributed by atoms with Gasteiger partial charge in [-0.3, -0.25) is 4.79 Å². The van der Waals surface area contributed by atoms with Gasteiger partial charge in [-0.05, 0) is 34.5 Å². The number of nitrogens with one attached hydrogen (secondary N) is 1. The van der Waals surface area contributed by atoms with Crippen LogP contribution in [0.3, 0.4) is 0 Å². The zero-order valence-corrected chi connectivity index (χ0v) is 15.1. The number of hydrogen-bond donors (Lipinski definition) is 2. The van der Waals surface area contributed by atoms with Crippen LogP contribution < -0.4 is 15.8 Å². The van der Waals surface area contributed by atoms with Crippen molar-refractivity contribution < 1.29 is 9.53 Å². The Morgan fingerprint density at radius 3 is 2.76 bits per heavy atom. The number of carbonyl (C=O) groups is 1. The molecule has 114 valence electrons. The fourth-order valence-corrected chi connectivity index (χ4v) is 4.51. The molecule has 0 atom stereocenters. The second kappa shape index (κ2) is 7.29. The summed E-state index contributed by atoms with van der Waals surface area (Å²) < 4.78 is 6.45. The smallest absolute Gasteiger partial charge is 0.176 e. The quantitative estimate of drug-likeness (QED) is 0.689. The third-order valence-corrected chi connectivity index (χ3v) is 5.83. The second-order valence-electron chi connectivity index (χ2n) is 4.37. The lowest BCUT2D eigenvalue weighted by molar-refractivity contribution is 0.0992. The summed E-state index contributed by atoms with van der Waals surface area (Å²) in [4.78, 5) is 13.7. The molecule has 0 spiro atoms. The summed E-state index contributed by atoms with van der Waals surface area (Å²) in [5.74, 6) is 0.621. The number of thiophene rings is 2. The highest BCUT2D eigenvalue weighted by Gasteiger charge is 2.20. The van der Waals surface area contributed by atoms with Gasteiger partial charge in [-0.25, -0.2) is 0 Å². The number of rotatable bonds is 7. The molecule has 3 N–H and O–H groups in total. The van der Waals surface area contributed by atoms with Crippen LogP contribution in [0.15, 0.2) is 15.9 Å². The van der Waals surface area contributed by atoms with Crippen LogP contribution in [0.5, 0.6) is 5.75 Å². The summed E-state index contributed by atoms with van der Waals surface area (Å²) in [6.07, 6.45) is 1.35. The number of hydrogen-bond acceptors (Lipinski definition) is 6.